The Bertz CT molecular complexity index is 661. The monoisotopic (exact) mass is 299 g/mol. The summed E-state index contributed by atoms with van der Waals surface area (Å²) >= 11 is 6.14. The van der Waals surface area contributed by atoms with Crippen molar-refractivity contribution in [1.29, 1.82) is 5.26 Å². The molecule has 1 unspecified atom stereocenters. The average Bonchev–Trinajstić information content (AvgIpc) is 2.48. The number of halogens is 1. The van der Waals surface area contributed by atoms with Crippen molar-refractivity contribution in [3.63, 3.8) is 0 Å². The van der Waals surface area contributed by atoms with E-state index in [-0.39, 0.29) is 5.92 Å². The van der Waals surface area contributed by atoms with Gasteiger partial charge >= 0.3 is 0 Å². The lowest BCUT2D eigenvalue weighted by Gasteiger charge is -2.13. The van der Waals surface area contributed by atoms with E-state index in [1.807, 2.05) is 42.5 Å². The second kappa shape index (κ2) is 7.15. The third-order valence-electron chi connectivity index (χ3n) is 3.59. The van der Waals surface area contributed by atoms with Crippen LogP contribution in [0.4, 0.5) is 0 Å². The molecule has 0 N–H and O–H groups in total. The van der Waals surface area contributed by atoms with Crippen LogP contribution in [0.5, 0.6) is 5.75 Å². The van der Waals surface area contributed by atoms with Crippen molar-refractivity contribution in [3.05, 3.63) is 64.2 Å². The Morgan fingerprint density at radius 2 is 1.90 bits per heavy atom. The number of ether oxygens (including phenoxy) is 1. The molecule has 0 aliphatic carbocycles. The summed E-state index contributed by atoms with van der Waals surface area (Å²) < 4.78 is 5.74. The molecule has 0 aliphatic heterocycles. The summed E-state index contributed by atoms with van der Waals surface area (Å²) in [5.74, 6) is 0.596. The zero-order chi connectivity index (χ0) is 15.2. The second-order valence-electron chi connectivity index (χ2n) is 5.09. The summed E-state index contributed by atoms with van der Waals surface area (Å²) in [7, 11) is 0. The van der Waals surface area contributed by atoms with E-state index in [9.17, 15) is 5.26 Å². The highest BCUT2D eigenvalue weighted by Gasteiger charge is 2.13. The van der Waals surface area contributed by atoms with Gasteiger partial charge in [-0.2, -0.15) is 5.26 Å². The van der Waals surface area contributed by atoms with E-state index in [2.05, 4.69) is 19.9 Å². The lowest BCUT2D eigenvalue weighted by molar-refractivity contribution is 0.305. The van der Waals surface area contributed by atoms with Crippen LogP contribution in [0.15, 0.2) is 42.5 Å². The Morgan fingerprint density at radius 3 is 2.57 bits per heavy atom. The first-order valence-corrected chi connectivity index (χ1v) is 7.33. The highest BCUT2D eigenvalue weighted by molar-refractivity contribution is 6.31. The number of hydrogen-bond donors (Lipinski definition) is 0. The van der Waals surface area contributed by atoms with Gasteiger partial charge < -0.3 is 4.74 Å². The molecule has 1 atom stereocenters. The van der Waals surface area contributed by atoms with Crippen molar-refractivity contribution in [3.8, 4) is 11.8 Å². The maximum absolute atomic E-state index is 9.32. The van der Waals surface area contributed by atoms with Crippen molar-refractivity contribution < 1.29 is 4.74 Å². The predicted molar refractivity (Wildman–Crippen MR) is 85.8 cm³/mol. The molecule has 2 nitrogen and oxygen atoms in total. The molecule has 108 valence electrons. The Hall–Kier alpha value is -1.98. The molecule has 0 heterocycles. The van der Waals surface area contributed by atoms with E-state index in [0.29, 0.717) is 18.1 Å². The third-order valence-corrected chi connectivity index (χ3v) is 3.93. The Kier molecular flexibility index (Phi) is 5.25. The highest BCUT2D eigenvalue weighted by atomic mass is 35.5. The van der Waals surface area contributed by atoms with E-state index in [1.165, 1.54) is 11.1 Å². The van der Waals surface area contributed by atoms with Gasteiger partial charge in [0.1, 0.15) is 5.75 Å². The quantitative estimate of drug-likeness (QED) is 0.775. The minimum Gasteiger partial charge on any atom is -0.494 e. The molecular weight excluding hydrogens is 282 g/mol. The fourth-order valence-electron chi connectivity index (χ4n) is 2.15. The van der Waals surface area contributed by atoms with Crippen molar-refractivity contribution in [2.24, 2.45) is 0 Å². The number of hydrogen-bond acceptors (Lipinski definition) is 2. The zero-order valence-corrected chi connectivity index (χ0v) is 13.0. The van der Waals surface area contributed by atoms with Crippen LogP contribution >= 0.6 is 11.6 Å². The molecular formula is C18H18ClNO. The van der Waals surface area contributed by atoms with Crippen LogP contribution in [0, 0.1) is 25.2 Å². The fraction of sp³-hybridized carbons (Fsp3) is 0.278. The summed E-state index contributed by atoms with van der Waals surface area (Å²) in [6.45, 7) is 4.62. The van der Waals surface area contributed by atoms with Gasteiger partial charge in [0.05, 0.1) is 18.6 Å². The third kappa shape index (κ3) is 4.00. The molecule has 0 spiro atoms. The maximum Gasteiger partial charge on any atom is 0.119 e. The van der Waals surface area contributed by atoms with Crippen molar-refractivity contribution >= 4 is 11.6 Å². The number of aryl methyl sites for hydroxylation is 2. The Labute approximate surface area is 130 Å². The SMILES string of the molecule is Cc1ccc(OCCC(C#N)c2ccccc2Cl)cc1C. The van der Waals surface area contributed by atoms with E-state index < -0.39 is 0 Å². The van der Waals surface area contributed by atoms with Gasteiger partial charge in [-0.25, -0.2) is 0 Å². The van der Waals surface area contributed by atoms with Crippen LogP contribution in [0.25, 0.3) is 0 Å². The lowest BCUT2D eigenvalue weighted by Crippen LogP contribution is -2.05. The van der Waals surface area contributed by atoms with Gasteiger partial charge in [-0.1, -0.05) is 35.9 Å². The molecule has 0 amide bonds. The predicted octanol–water partition coefficient (Wildman–Crippen LogP) is 5.03. The zero-order valence-electron chi connectivity index (χ0n) is 12.3. The molecule has 0 bridgehead atoms. The number of nitriles is 1. The molecule has 2 aromatic carbocycles. The molecule has 0 saturated carbocycles. The fourth-order valence-corrected chi connectivity index (χ4v) is 2.41. The van der Waals surface area contributed by atoms with Gasteiger partial charge in [0, 0.05) is 11.4 Å². The largest absolute Gasteiger partial charge is 0.494 e. The molecule has 3 heteroatoms. The van der Waals surface area contributed by atoms with E-state index in [1.54, 1.807) is 0 Å². The van der Waals surface area contributed by atoms with Crippen LogP contribution < -0.4 is 4.74 Å². The van der Waals surface area contributed by atoms with Crippen LogP contribution in [0.3, 0.4) is 0 Å². The summed E-state index contributed by atoms with van der Waals surface area (Å²) in [6.07, 6.45) is 0.618. The molecule has 21 heavy (non-hydrogen) atoms. The van der Waals surface area contributed by atoms with Gasteiger partial charge in [-0.3, -0.25) is 0 Å². The Morgan fingerprint density at radius 1 is 1.14 bits per heavy atom. The summed E-state index contributed by atoms with van der Waals surface area (Å²) in [4.78, 5) is 0. The molecule has 0 fully saturated rings. The van der Waals surface area contributed by atoms with Crippen LogP contribution in [0.1, 0.15) is 29.0 Å². The maximum atomic E-state index is 9.32. The normalized spacial score (nSPS) is 11.7. The summed E-state index contributed by atoms with van der Waals surface area (Å²) in [6, 6.07) is 15.8. The van der Waals surface area contributed by atoms with E-state index in [4.69, 9.17) is 16.3 Å². The molecule has 0 radical (unpaired) electrons. The molecule has 0 aromatic heterocycles. The Balaban J connectivity index is 1.97. The van der Waals surface area contributed by atoms with Gasteiger partial charge in [0.2, 0.25) is 0 Å². The number of nitrogens with zero attached hydrogens (tertiary/aromatic N) is 1. The number of benzene rings is 2. The molecule has 2 rings (SSSR count). The van der Waals surface area contributed by atoms with E-state index >= 15 is 0 Å². The average molecular weight is 300 g/mol. The van der Waals surface area contributed by atoms with Gasteiger partial charge in [-0.05, 0) is 48.7 Å². The molecule has 0 aliphatic rings. The van der Waals surface area contributed by atoms with Gasteiger partial charge in [0.25, 0.3) is 0 Å². The standard InChI is InChI=1S/C18H18ClNO/c1-13-7-8-16(11-14(13)2)21-10-9-15(12-20)17-5-3-4-6-18(17)19/h3-8,11,15H,9-10H2,1-2H3. The lowest BCUT2D eigenvalue weighted by atomic mass is 9.98. The van der Waals surface area contributed by atoms with Gasteiger partial charge in [0.15, 0.2) is 0 Å². The second-order valence-corrected chi connectivity index (χ2v) is 5.49. The van der Waals surface area contributed by atoms with Gasteiger partial charge in [-0.15, -0.1) is 0 Å². The van der Waals surface area contributed by atoms with Crippen molar-refractivity contribution in [1.82, 2.24) is 0 Å². The first-order valence-electron chi connectivity index (χ1n) is 6.96. The first kappa shape index (κ1) is 15.4. The summed E-state index contributed by atoms with van der Waals surface area (Å²) in [5.41, 5.74) is 3.31. The van der Waals surface area contributed by atoms with Crippen molar-refractivity contribution in [2.75, 3.05) is 6.61 Å². The minimum absolute atomic E-state index is 0.245. The number of rotatable bonds is 5. The smallest absolute Gasteiger partial charge is 0.119 e. The van der Waals surface area contributed by atoms with E-state index in [0.717, 1.165) is 11.3 Å². The molecule has 2 aromatic rings. The van der Waals surface area contributed by atoms with Crippen molar-refractivity contribution in [2.45, 2.75) is 26.2 Å². The van der Waals surface area contributed by atoms with Crippen LogP contribution in [0.2, 0.25) is 5.02 Å². The first-order chi connectivity index (χ1) is 10.1. The van der Waals surface area contributed by atoms with Crippen LogP contribution in [-0.2, 0) is 0 Å². The minimum atomic E-state index is -0.245. The van der Waals surface area contributed by atoms with Crippen LogP contribution in [-0.4, -0.2) is 6.61 Å². The highest BCUT2D eigenvalue weighted by Crippen LogP contribution is 2.26. The summed E-state index contributed by atoms with van der Waals surface area (Å²) in [5, 5.41) is 9.95. The molecule has 0 saturated heterocycles. The topological polar surface area (TPSA) is 33.0 Å².